The topological polar surface area (TPSA) is 104 Å². The monoisotopic (exact) mass is 226 g/mol. The number of hydrogen-bond donors (Lipinski definition) is 4. The number of carbonyl (C=O) groups excluding carboxylic acids is 1. The minimum Gasteiger partial charge on any atom is -0.396 e. The largest absolute Gasteiger partial charge is 0.396 e. The molecule has 6 nitrogen and oxygen atoms in total. The zero-order chi connectivity index (χ0) is 12.0. The van der Waals surface area contributed by atoms with E-state index in [4.69, 9.17) is 10.8 Å². The number of aliphatic hydroxyl groups excluding tert-OH is 1. The molecule has 1 aromatic heterocycles. The molecule has 6 heteroatoms. The van der Waals surface area contributed by atoms with Crippen LogP contribution in [0.1, 0.15) is 35.4 Å². The molecule has 5 N–H and O–H groups in total. The fraction of sp³-hybridized carbons (Fsp3) is 0.600. The Bertz CT molecular complexity index is 349. The minimum atomic E-state index is -0.258. The van der Waals surface area contributed by atoms with Crippen molar-refractivity contribution in [2.45, 2.75) is 26.2 Å². The number of rotatable bonds is 6. The fourth-order valence-corrected chi connectivity index (χ4v) is 1.31. The number of nitrogen functional groups attached to an aromatic ring is 1. The van der Waals surface area contributed by atoms with E-state index >= 15 is 0 Å². The standard InChI is InChI=1S/C10H18N4O2/c1-7-8(11)9(14-13-7)10(16)12-5-3-2-4-6-15/h15H,2-6,11H2,1H3,(H,12,16)(H,13,14). The molecule has 0 spiro atoms. The SMILES string of the molecule is Cc1[nH]nc(C(=O)NCCCCCO)c1N. The predicted octanol–water partition coefficient (Wildman–Crippen LogP) is 0.193. The Morgan fingerprint density at radius 2 is 2.25 bits per heavy atom. The first-order valence-corrected chi connectivity index (χ1v) is 5.36. The van der Waals surface area contributed by atoms with Crippen molar-refractivity contribution in [3.8, 4) is 0 Å². The molecule has 16 heavy (non-hydrogen) atoms. The highest BCUT2D eigenvalue weighted by molar-refractivity contribution is 5.97. The molecule has 1 amide bonds. The Morgan fingerprint density at radius 3 is 2.81 bits per heavy atom. The van der Waals surface area contributed by atoms with E-state index in [0.29, 0.717) is 17.9 Å². The number of aromatic amines is 1. The molecule has 0 aliphatic heterocycles. The molecule has 0 bridgehead atoms. The summed E-state index contributed by atoms with van der Waals surface area (Å²) in [6, 6.07) is 0. The van der Waals surface area contributed by atoms with Crippen molar-refractivity contribution < 1.29 is 9.90 Å². The van der Waals surface area contributed by atoms with Crippen LogP contribution >= 0.6 is 0 Å². The van der Waals surface area contributed by atoms with Gasteiger partial charge in [-0.3, -0.25) is 9.89 Å². The molecule has 1 aromatic rings. The smallest absolute Gasteiger partial charge is 0.273 e. The van der Waals surface area contributed by atoms with Gasteiger partial charge < -0.3 is 16.2 Å². The lowest BCUT2D eigenvalue weighted by Crippen LogP contribution is -2.25. The molecule has 0 atom stereocenters. The normalized spacial score (nSPS) is 10.4. The lowest BCUT2D eigenvalue weighted by molar-refractivity contribution is 0.0948. The van der Waals surface area contributed by atoms with Crippen LogP contribution in [0.25, 0.3) is 0 Å². The first kappa shape index (κ1) is 12.5. The highest BCUT2D eigenvalue weighted by Crippen LogP contribution is 2.11. The van der Waals surface area contributed by atoms with E-state index < -0.39 is 0 Å². The maximum atomic E-state index is 11.6. The summed E-state index contributed by atoms with van der Waals surface area (Å²) in [7, 11) is 0. The Labute approximate surface area is 94.2 Å². The van der Waals surface area contributed by atoms with E-state index in [1.54, 1.807) is 6.92 Å². The van der Waals surface area contributed by atoms with Gasteiger partial charge in [-0.15, -0.1) is 0 Å². The molecule has 0 aliphatic carbocycles. The van der Waals surface area contributed by atoms with Crippen molar-refractivity contribution in [2.24, 2.45) is 0 Å². The van der Waals surface area contributed by atoms with Gasteiger partial charge in [-0.2, -0.15) is 5.10 Å². The minimum absolute atomic E-state index is 0.194. The summed E-state index contributed by atoms with van der Waals surface area (Å²) in [4.78, 5) is 11.6. The van der Waals surface area contributed by atoms with Crippen LogP contribution in [0.5, 0.6) is 0 Å². The number of carbonyl (C=O) groups is 1. The third-order valence-corrected chi connectivity index (χ3v) is 2.33. The van der Waals surface area contributed by atoms with Crippen LogP contribution in [0.15, 0.2) is 0 Å². The fourth-order valence-electron chi connectivity index (χ4n) is 1.31. The van der Waals surface area contributed by atoms with Gasteiger partial charge in [-0.25, -0.2) is 0 Å². The van der Waals surface area contributed by atoms with Gasteiger partial charge >= 0.3 is 0 Å². The summed E-state index contributed by atoms with van der Waals surface area (Å²) in [6.07, 6.45) is 2.50. The molecule has 1 rings (SSSR count). The summed E-state index contributed by atoms with van der Waals surface area (Å²) in [5.41, 5.74) is 7.01. The zero-order valence-electron chi connectivity index (χ0n) is 9.42. The average Bonchev–Trinajstić information content (AvgIpc) is 2.59. The van der Waals surface area contributed by atoms with Crippen molar-refractivity contribution in [1.29, 1.82) is 0 Å². The van der Waals surface area contributed by atoms with E-state index in [1.165, 1.54) is 0 Å². The lowest BCUT2D eigenvalue weighted by Gasteiger charge is -2.03. The van der Waals surface area contributed by atoms with Gasteiger partial charge in [0.1, 0.15) is 0 Å². The van der Waals surface area contributed by atoms with Gasteiger partial charge in [0.25, 0.3) is 5.91 Å². The summed E-state index contributed by atoms with van der Waals surface area (Å²) in [5.74, 6) is -0.258. The first-order chi connectivity index (χ1) is 7.66. The van der Waals surface area contributed by atoms with Crippen molar-refractivity contribution in [3.05, 3.63) is 11.4 Å². The van der Waals surface area contributed by atoms with Crippen LogP contribution in [-0.2, 0) is 0 Å². The van der Waals surface area contributed by atoms with Crippen LogP contribution in [0.2, 0.25) is 0 Å². The number of aryl methyl sites for hydroxylation is 1. The number of nitrogens with two attached hydrogens (primary N) is 1. The van der Waals surface area contributed by atoms with Gasteiger partial charge in [-0.1, -0.05) is 0 Å². The second-order valence-corrected chi connectivity index (χ2v) is 3.65. The Morgan fingerprint density at radius 1 is 1.50 bits per heavy atom. The third-order valence-electron chi connectivity index (χ3n) is 2.33. The van der Waals surface area contributed by atoms with Crippen LogP contribution in [-0.4, -0.2) is 34.4 Å². The third kappa shape index (κ3) is 3.23. The number of H-pyrrole nitrogens is 1. The van der Waals surface area contributed by atoms with E-state index in [1.807, 2.05) is 0 Å². The molecule has 1 heterocycles. The maximum absolute atomic E-state index is 11.6. The number of aliphatic hydroxyl groups is 1. The summed E-state index contributed by atoms with van der Waals surface area (Å²) in [5, 5.41) is 17.8. The number of nitrogens with zero attached hydrogens (tertiary/aromatic N) is 1. The van der Waals surface area contributed by atoms with E-state index in [2.05, 4.69) is 15.5 Å². The Kier molecular flexibility index (Phi) is 4.78. The van der Waals surface area contributed by atoms with Gasteiger partial charge in [0.2, 0.25) is 0 Å². The van der Waals surface area contributed by atoms with E-state index in [-0.39, 0.29) is 18.2 Å². The second-order valence-electron chi connectivity index (χ2n) is 3.65. The predicted molar refractivity (Wildman–Crippen MR) is 61.0 cm³/mol. The Balaban J connectivity index is 2.33. The van der Waals surface area contributed by atoms with E-state index in [9.17, 15) is 4.79 Å². The van der Waals surface area contributed by atoms with Crippen molar-refractivity contribution in [2.75, 3.05) is 18.9 Å². The quantitative estimate of drug-likeness (QED) is 0.520. The van der Waals surface area contributed by atoms with Gasteiger partial charge in [0.15, 0.2) is 5.69 Å². The zero-order valence-corrected chi connectivity index (χ0v) is 9.42. The molecular weight excluding hydrogens is 208 g/mol. The van der Waals surface area contributed by atoms with Crippen LogP contribution in [0.4, 0.5) is 5.69 Å². The molecule has 90 valence electrons. The van der Waals surface area contributed by atoms with Crippen molar-refractivity contribution in [3.63, 3.8) is 0 Å². The average molecular weight is 226 g/mol. The maximum Gasteiger partial charge on any atom is 0.273 e. The second kappa shape index (κ2) is 6.12. The highest BCUT2D eigenvalue weighted by Gasteiger charge is 2.14. The number of aromatic nitrogens is 2. The Hall–Kier alpha value is -1.56. The van der Waals surface area contributed by atoms with Crippen LogP contribution < -0.4 is 11.1 Å². The summed E-state index contributed by atoms with van der Waals surface area (Å²) in [6.45, 7) is 2.53. The van der Waals surface area contributed by atoms with Crippen molar-refractivity contribution >= 4 is 11.6 Å². The number of amides is 1. The number of anilines is 1. The highest BCUT2D eigenvalue weighted by atomic mass is 16.2. The molecule has 0 radical (unpaired) electrons. The van der Waals surface area contributed by atoms with Gasteiger partial charge in [-0.05, 0) is 26.2 Å². The summed E-state index contributed by atoms with van der Waals surface area (Å²) < 4.78 is 0. The molecule has 0 aliphatic rings. The molecule has 0 saturated heterocycles. The van der Waals surface area contributed by atoms with Gasteiger partial charge in [0, 0.05) is 13.2 Å². The molecule has 0 saturated carbocycles. The number of hydrogen-bond acceptors (Lipinski definition) is 4. The van der Waals surface area contributed by atoms with Crippen molar-refractivity contribution in [1.82, 2.24) is 15.5 Å². The number of unbranched alkanes of at least 4 members (excludes halogenated alkanes) is 2. The van der Waals surface area contributed by atoms with Crippen LogP contribution in [0.3, 0.4) is 0 Å². The lowest BCUT2D eigenvalue weighted by atomic mass is 10.2. The van der Waals surface area contributed by atoms with E-state index in [0.717, 1.165) is 19.3 Å². The summed E-state index contributed by atoms with van der Waals surface area (Å²) >= 11 is 0. The molecule has 0 fully saturated rings. The van der Waals surface area contributed by atoms with Crippen LogP contribution in [0, 0.1) is 6.92 Å². The van der Waals surface area contributed by atoms with Gasteiger partial charge in [0.05, 0.1) is 11.4 Å². The number of nitrogens with one attached hydrogen (secondary N) is 2. The first-order valence-electron chi connectivity index (χ1n) is 5.36. The molecule has 0 aromatic carbocycles. The molecule has 0 unspecified atom stereocenters. The molecular formula is C10H18N4O2.